The molecule has 9 heavy (non-hydrogen) atoms. The van der Waals surface area contributed by atoms with Crippen molar-refractivity contribution < 1.29 is 9.42 Å². The Morgan fingerprint density at radius 2 is 2.11 bits per heavy atom. The second-order valence-electron chi connectivity index (χ2n) is 2.00. The molecule has 0 aromatic rings. The summed E-state index contributed by atoms with van der Waals surface area (Å²) in [6.45, 7) is 4.56. The first-order chi connectivity index (χ1) is 4.27. The fourth-order valence-electron chi connectivity index (χ4n) is 0.549. The summed E-state index contributed by atoms with van der Waals surface area (Å²) in [5.74, 6) is 0. The van der Waals surface area contributed by atoms with Crippen LogP contribution in [0.5, 0.6) is 0 Å². The molecule has 0 bridgehead atoms. The van der Waals surface area contributed by atoms with Crippen LogP contribution in [0.3, 0.4) is 0 Å². The lowest BCUT2D eigenvalue weighted by Gasteiger charge is -2.03. The minimum atomic E-state index is -1.12. The molecule has 1 atom stereocenters. The van der Waals surface area contributed by atoms with Gasteiger partial charge in [0.15, 0.2) is 8.38 Å². The fraction of sp³-hybridized carbons (Fsp3) is 1.00. The summed E-state index contributed by atoms with van der Waals surface area (Å²) < 4.78 is 4.96. The van der Waals surface area contributed by atoms with E-state index in [0.29, 0.717) is 6.61 Å². The van der Waals surface area contributed by atoms with Crippen LogP contribution < -0.4 is 0 Å². The van der Waals surface area contributed by atoms with Crippen molar-refractivity contribution in [3.05, 3.63) is 0 Å². The molecule has 3 heteroatoms. The van der Waals surface area contributed by atoms with Gasteiger partial charge in [0, 0.05) is 6.66 Å². The largest absolute Gasteiger partial charge is 0.350 e. The maximum Gasteiger partial charge on any atom is 0.164 e. The van der Waals surface area contributed by atoms with E-state index < -0.39 is 8.38 Å². The lowest BCUT2D eigenvalue weighted by atomic mass is 10.3. The highest BCUT2D eigenvalue weighted by Gasteiger charge is 1.92. The van der Waals surface area contributed by atoms with Crippen LogP contribution in [0.2, 0.25) is 0 Å². The Bertz CT molecular complexity index is 57.0. The zero-order valence-electron chi connectivity index (χ0n) is 6.13. The van der Waals surface area contributed by atoms with E-state index in [1.807, 2.05) is 0 Å². The summed E-state index contributed by atoms with van der Waals surface area (Å²) in [7, 11) is -1.12. The molecule has 1 unspecified atom stereocenters. The number of hydrogen-bond donors (Lipinski definition) is 1. The van der Waals surface area contributed by atoms with Crippen LogP contribution in [-0.2, 0) is 4.52 Å². The second kappa shape index (κ2) is 6.47. The van der Waals surface area contributed by atoms with E-state index in [1.54, 1.807) is 6.66 Å². The molecule has 0 saturated carbocycles. The van der Waals surface area contributed by atoms with Crippen LogP contribution in [0.15, 0.2) is 0 Å². The van der Waals surface area contributed by atoms with Gasteiger partial charge in [-0.1, -0.05) is 19.8 Å². The van der Waals surface area contributed by atoms with Crippen molar-refractivity contribution in [2.45, 2.75) is 26.2 Å². The molecule has 0 heterocycles. The number of rotatable bonds is 5. The first-order valence-corrected chi connectivity index (χ1v) is 4.99. The van der Waals surface area contributed by atoms with Crippen molar-refractivity contribution in [1.82, 2.24) is 0 Å². The molecule has 0 aromatic heterocycles. The Hall–Kier alpha value is 0.350. The van der Waals surface area contributed by atoms with Crippen molar-refractivity contribution >= 4 is 8.38 Å². The van der Waals surface area contributed by atoms with Gasteiger partial charge in [0.25, 0.3) is 0 Å². The Morgan fingerprint density at radius 3 is 2.56 bits per heavy atom. The molecule has 0 saturated heterocycles. The highest BCUT2D eigenvalue weighted by Crippen LogP contribution is 2.24. The van der Waals surface area contributed by atoms with Crippen molar-refractivity contribution in [2.24, 2.45) is 0 Å². The molecule has 0 aliphatic heterocycles. The average molecular weight is 150 g/mol. The van der Waals surface area contributed by atoms with Crippen LogP contribution in [0, 0.1) is 0 Å². The van der Waals surface area contributed by atoms with Crippen LogP contribution >= 0.6 is 8.38 Å². The van der Waals surface area contributed by atoms with Crippen molar-refractivity contribution in [3.63, 3.8) is 0 Å². The Labute approximate surface area is 58.1 Å². The maximum atomic E-state index is 8.69. The van der Waals surface area contributed by atoms with Gasteiger partial charge < -0.3 is 9.42 Å². The summed E-state index contributed by atoms with van der Waals surface area (Å²) in [5.41, 5.74) is 0. The van der Waals surface area contributed by atoms with Crippen molar-refractivity contribution in [1.29, 1.82) is 0 Å². The Kier molecular flexibility index (Phi) is 6.72. The first-order valence-electron chi connectivity index (χ1n) is 3.33. The van der Waals surface area contributed by atoms with Gasteiger partial charge in [-0.2, -0.15) is 0 Å². The minimum absolute atomic E-state index is 0.715. The molecule has 0 rings (SSSR count). The Morgan fingerprint density at radius 1 is 1.44 bits per heavy atom. The molecule has 0 fully saturated rings. The van der Waals surface area contributed by atoms with Crippen LogP contribution in [0.1, 0.15) is 26.2 Å². The van der Waals surface area contributed by atoms with Gasteiger partial charge in [-0.25, -0.2) is 0 Å². The lowest BCUT2D eigenvalue weighted by molar-refractivity contribution is 0.303. The standard InChI is InChI=1S/C6H15O2P/c1-3-4-5-6-8-9(2)7/h7H,3-6H2,1-2H3. The van der Waals surface area contributed by atoms with Gasteiger partial charge in [-0.3, -0.25) is 0 Å². The van der Waals surface area contributed by atoms with E-state index in [0.717, 1.165) is 6.42 Å². The fourth-order valence-corrected chi connectivity index (χ4v) is 0.942. The van der Waals surface area contributed by atoms with Gasteiger partial charge in [-0.05, 0) is 6.42 Å². The van der Waals surface area contributed by atoms with Crippen molar-refractivity contribution in [3.8, 4) is 0 Å². The van der Waals surface area contributed by atoms with E-state index in [4.69, 9.17) is 9.42 Å². The van der Waals surface area contributed by atoms with Gasteiger partial charge in [0.2, 0.25) is 0 Å². The third-order valence-electron chi connectivity index (χ3n) is 1.03. The molecule has 0 amide bonds. The molecule has 0 aliphatic rings. The summed E-state index contributed by atoms with van der Waals surface area (Å²) in [6.07, 6.45) is 3.48. The molecule has 0 radical (unpaired) electrons. The van der Waals surface area contributed by atoms with Gasteiger partial charge in [0.05, 0.1) is 6.61 Å². The van der Waals surface area contributed by atoms with Crippen LogP contribution in [0.4, 0.5) is 0 Å². The minimum Gasteiger partial charge on any atom is -0.350 e. The highest BCUT2D eigenvalue weighted by atomic mass is 31.2. The smallest absolute Gasteiger partial charge is 0.164 e. The zero-order chi connectivity index (χ0) is 7.11. The molecule has 0 spiro atoms. The zero-order valence-corrected chi connectivity index (χ0v) is 7.03. The summed E-state index contributed by atoms with van der Waals surface area (Å²) in [6, 6.07) is 0. The maximum absolute atomic E-state index is 8.69. The van der Waals surface area contributed by atoms with E-state index in [1.165, 1.54) is 12.8 Å². The molecular weight excluding hydrogens is 135 g/mol. The van der Waals surface area contributed by atoms with Crippen LogP contribution in [0.25, 0.3) is 0 Å². The molecule has 0 aliphatic carbocycles. The molecule has 2 nitrogen and oxygen atoms in total. The normalized spacial score (nSPS) is 13.7. The third-order valence-corrected chi connectivity index (χ3v) is 1.58. The Balaban J connectivity index is 2.75. The predicted octanol–water partition coefficient (Wildman–Crippen LogP) is 2.13. The van der Waals surface area contributed by atoms with E-state index in [9.17, 15) is 0 Å². The second-order valence-corrected chi connectivity index (χ2v) is 3.19. The number of hydrogen-bond acceptors (Lipinski definition) is 2. The highest BCUT2D eigenvalue weighted by molar-refractivity contribution is 7.45. The SMILES string of the molecule is CCCCCOP(C)O. The van der Waals surface area contributed by atoms with E-state index in [-0.39, 0.29) is 0 Å². The summed E-state index contributed by atoms with van der Waals surface area (Å²) in [4.78, 5) is 8.69. The molecular formula is C6H15O2P. The summed E-state index contributed by atoms with van der Waals surface area (Å²) in [5, 5.41) is 0. The topological polar surface area (TPSA) is 29.5 Å². The van der Waals surface area contributed by atoms with Gasteiger partial charge >= 0.3 is 0 Å². The van der Waals surface area contributed by atoms with Crippen LogP contribution in [-0.4, -0.2) is 18.2 Å². The molecule has 56 valence electrons. The van der Waals surface area contributed by atoms with Gasteiger partial charge in [0.1, 0.15) is 0 Å². The third kappa shape index (κ3) is 8.35. The molecule has 1 N–H and O–H groups in total. The summed E-state index contributed by atoms with van der Waals surface area (Å²) >= 11 is 0. The van der Waals surface area contributed by atoms with E-state index in [2.05, 4.69) is 6.92 Å². The lowest BCUT2D eigenvalue weighted by Crippen LogP contribution is -1.87. The quantitative estimate of drug-likeness (QED) is 0.480. The monoisotopic (exact) mass is 150 g/mol. The van der Waals surface area contributed by atoms with Crippen molar-refractivity contribution in [2.75, 3.05) is 13.3 Å². The predicted molar refractivity (Wildman–Crippen MR) is 40.5 cm³/mol. The van der Waals surface area contributed by atoms with Gasteiger partial charge in [-0.15, -0.1) is 0 Å². The first kappa shape index (κ1) is 9.35. The molecule has 0 aromatic carbocycles. The van der Waals surface area contributed by atoms with E-state index >= 15 is 0 Å². The number of unbranched alkanes of at least 4 members (excludes halogenated alkanes) is 2. The average Bonchev–Trinajstić information content (AvgIpc) is 1.80.